The van der Waals surface area contributed by atoms with Crippen molar-refractivity contribution in [1.29, 1.82) is 0 Å². The summed E-state index contributed by atoms with van der Waals surface area (Å²) in [7, 11) is 0. The number of carbonyl (C=O) groups is 1. The summed E-state index contributed by atoms with van der Waals surface area (Å²) < 4.78 is 2.05. The maximum atomic E-state index is 12.7. The van der Waals surface area contributed by atoms with E-state index in [0.29, 0.717) is 22.9 Å². The van der Waals surface area contributed by atoms with Gasteiger partial charge in [0, 0.05) is 39.5 Å². The second-order valence-corrected chi connectivity index (χ2v) is 8.80. The summed E-state index contributed by atoms with van der Waals surface area (Å²) >= 11 is 12.6. The van der Waals surface area contributed by atoms with E-state index in [1.165, 1.54) is 0 Å². The molecular formula is C28H21Cl2N3O. The summed E-state index contributed by atoms with van der Waals surface area (Å²) in [5, 5.41) is 4.31. The molecule has 0 aliphatic heterocycles. The van der Waals surface area contributed by atoms with E-state index in [0.717, 1.165) is 39.4 Å². The van der Waals surface area contributed by atoms with Crippen LogP contribution in [0.25, 0.3) is 28.0 Å². The fourth-order valence-corrected chi connectivity index (χ4v) is 4.37. The molecule has 34 heavy (non-hydrogen) atoms. The first-order valence-corrected chi connectivity index (χ1v) is 11.7. The third kappa shape index (κ3) is 4.69. The number of imidazole rings is 1. The molecule has 0 aliphatic carbocycles. The molecule has 0 saturated heterocycles. The van der Waals surface area contributed by atoms with Gasteiger partial charge >= 0.3 is 0 Å². The van der Waals surface area contributed by atoms with Crippen LogP contribution in [-0.4, -0.2) is 15.3 Å². The summed E-state index contributed by atoms with van der Waals surface area (Å²) in [6, 6.07) is 28.8. The zero-order valence-corrected chi connectivity index (χ0v) is 19.7. The number of benzene rings is 3. The molecule has 2 aromatic heterocycles. The number of anilines is 1. The second-order valence-electron chi connectivity index (χ2n) is 7.95. The SMILES string of the molecule is O=C(CCc1c(-c2ccc(Cl)cc2)nc2ccc(-c3ccccc3Cl)cn12)Nc1ccccc1. The summed E-state index contributed by atoms with van der Waals surface area (Å²) in [6.45, 7) is 0. The first kappa shape index (κ1) is 22.2. The number of aromatic nitrogens is 2. The molecule has 0 unspecified atom stereocenters. The normalized spacial score (nSPS) is 11.0. The maximum Gasteiger partial charge on any atom is 0.224 e. The van der Waals surface area contributed by atoms with Crippen LogP contribution >= 0.6 is 23.2 Å². The van der Waals surface area contributed by atoms with Gasteiger partial charge in [-0.25, -0.2) is 4.98 Å². The number of hydrogen-bond acceptors (Lipinski definition) is 2. The molecule has 0 atom stereocenters. The number of aryl methyl sites for hydroxylation is 1. The van der Waals surface area contributed by atoms with E-state index in [1.807, 2.05) is 97.2 Å². The molecule has 4 nitrogen and oxygen atoms in total. The lowest BCUT2D eigenvalue weighted by Crippen LogP contribution is -2.13. The summed E-state index contributed by atoms with van der Waals surface area (Å²) in [5.41, 5.74) is 6.25. The lowest BCUT2D eigenvalue weighted by atomic mass is 10.1. The van der Waals surface area contributed by atoms with Gasteiger partial charge < -0.3 is 9.72 Å². The van der Waals surface area contributed by atoms with Crippen molar-refractivity contribution in [3.8, 4) is 22.4 Å². The molecule has 168 valence electrons. The molecule has 1 N–H and O–H groups in total. The van der Waals surface area contributed by atoms with Crippen molar-refractivity contribution >= 4 is 40.4 Å². The van der Waals surface area contributed by atoms with Gasteiger partial charge in [0.2, 0.25) is 5.91 Å². The van der Waals surface area contributed by atoms with E-state index < -0.39 is 0 Å². The fraction of sp³-hybridized carbons (Fsp3) is 0.0714. The van der Waals surface area contributed by atoms with Gasteiger partial charge in [0.1, 0.15) is 5.65 Å². The Morgan fingerprint density at radius 2 is 1.53 bits per heavy atom. The molecule has 0 aliphatic rings. The Balaban J connectivity index is 1.53. The van der Waals surface area contributed by atoms with Crippen molar-refractivity contribution in [1.82, 2.24) is 9.38 Å². The van der Waals surface area contributed by atoms with E-state index >= 15 is 0 Å². The van der Waals surface area contributed by atoms with Gasteiger partial charge in [-0.2, -0.15) is 0 Å². The topological polar surface area (TPSA) is 46.4 Å². The smallest absolute Gasteiger partial charge is 0.224 e. The Kier molecular flexibility index (Phi) is 6.35. The minimum absolute atomic E-state index is 0.0505. The number of halogens is 2. The number of amides is 1. The molecule has 0 radical (unpaired) electrons. The highest BCUT2D eigenvalue weighted by Gasteiger charge is 2.17. The van der Waals surface area contributed by atoms with E-state index in [1.54, 1.807) is 0 Å². The van der Waals surface area contributed by atoms with Crippen LogP contribution in [0.15, 0.2) is 97.2 Å². The molecule has 2 heterocycles. The Morgan fingerprint density at radius 1 is 0.824 bits per heavy atom. The first-order valence-electron chi connectivity index (χ1n) is 11.0. The van der Waals surface area contributed by atoms with Gasteiger partial charge in [0.15, 0.2) is 0 Å². The van der Waals surface area contributed by atoms with Crippen LogP contribution in [0.2, 0.25) is 10.0 Å². The Bertz CT molecular complexity index is 1460. The highest BCUT2D eigenvalue weighted by molar-refractivity contribution is 6.33. The summed E-state index contributed by atoms with van der Waals surface area (Å²) in [4.78, 5) is 17.6. The zero-order chi connectivity index (χ0) is 23.5. The number of para-hydroxylation sites is 1. The molecule has 6 heteroatoms. The molecule has 0 spiro atoms. The van der Waals surface area contributed by atoms with E-state index in [2.05, 4.69) is 9.72 Å². The number of fused-ring (bicyclic) bond motifs is 1. The van der Waals surface area contributed by atoms with Gasteiger partial charge in [-0.05, 0) is 54.4 Å². The first-order chi connectivity index (χ1) is 16.6. The van der Waals surface area contributed by atoms with Crippen LogP contribution in [0.1, 0.15) is 12.1 Å². The van der Waals surface area contributed by atoms with Crippen LogP contribution in [0.4, 0.5) is 5.69 Å². The van der Waals surface area contributed by atoms with Crippen LogP contribution in [-0.2, 0) is 11.2 Å². The van der Waals surface area contributed by atoms with Gasteiger partial charge in [0.05, 0.1) is 11.4 Å². The monoisotopic (exact) mass is 485 g/mol. The predicted octanol–water partition coefficient (Wildman–Crippen LogP) is 7.55. The summed E-state index contributed by atoms with van der Waals surface area (Å²) in [6.07, 6.45) is 2.87. The van der Waals surface area contributed by atoms with Gasteiger partial charge in [-0.15, -0.1) is 0 Å². The van der Waals surface area contributed by atoms with Crippen LogP contribution < -0.4 is 5.32 Å². The number of pyridine rings is 1. The zero-order valence-electron chi connectivity index (χ0n) is 18.2. The fourth-order valence-electron chi connectivity index (χ4n) is 4.00. The van der Waals surface area contributed by atoms with Crippen molar-refractivity contribution in [3.05, 3.63) is 113 Å². The number of hydrogen-bond donors (Lipinski definition) is 1. The molecular weight excluding hydrogens is 465 g/mol. The molecule has 0 saturated carbocycles. The van der Waals surface area contributed by atoms with Gasteiger partial charge in [-0.3, -0.25) is 4.79 Å². The minimum atomic E-state index is -0.0505. The van der Waals surface area contributed by atoms with Crippen LogP contribution in [0.5, 0.6) is 0 Å². The third-order valence-electron chi connectivity index (χ3n) is 5.67. The Labute approximate surface area is 207 Å². The number of carbonyl (C=O) groups excluding carboxylic acids is 1. The molecule has 0 fully saturated rings. The Morgan fingerprint density at radius 3 is 2.29 bits per heavy atom. The summed E-state index contributed by atoms with van der Waals surface area (Å²) in [5.74, 6) is -0.0505. The number of rotatable bonds is 6. The molecule has 5 rings (SSSR count). The molecule has 5 aromatic rings. The largest absolute Gasteiger partial charge is 0.326 e. The van der Waals surface area contributed by atoms with Crippen LogP contribution in [0, 0.1) is 0 Å². The van der Waals surface area contributed by atoms with Crippen molar-refractivity contribution in [2.75, 3.05) is 5.32 Å². The van der Waals surface area contributed by atoms with Crippen molar-refractivity contribution in [2.24, 2.45) is 0 Å². The van der Waals surface area contributed by atoms with Gasteiger partial charge in [0.25, 0.3) is 0 Å². The molecule has 3 aromatic carbocycles. The lowest BCUT2D eigenvalue weighted by molar-refractivity contribution is -0.116. The van der Waals surface area contributed by atoms with Crippen molar-refractivity contribution in [2.45, 2.75) is 12.8 Å². The van der Waals surface area contributed by atoms with E-state index in [9.17, 15) is 4.79 Å². The average molecular weight is 486 g/mol. The quantitative estimate of drug-likeness (QED) is 0.269. The van der Waals surface area contributed by atoms with Crippen LogP contribution in [0.3, 0.4) is 0 Å². The number of nitrogens with zero attached hydrogens (tertiary/aromatic N) is 2. The van der Waals surface area contributed by atoms with Crippen molar-refractivity contribution < 1.29 is 4.79 Å². The van der Waals surface area contributed by atoms with E-state index in [-0.39, 0.29) is 5.91 Å². The standard InChI is InChI=1S/C28H21Cl2N3O/c29-21-13-10-19(11-14-21)28-25(15-17-27(34)31-22-6-2-1-3-7-22)33-18-20(12-16-26(33)32-28)23-8-4-5-9-24(23)30/h1-14,16,18H,15,17H2,(H,31,34). The van der Waals surface area contributed by atoms with Gasteiger partial charge in [-0.1, -0.05) is 71.7 Å². The average Bonchev–Trinajstić information content (AvgIpc) is 3.22. The highest BCUT2D eigenvalue weighted by Crippen LogP contribution is 2.31. The predicted molar refractivity (Wildman–Crippen MR) is 139 cm³/mol. The third-order valence-corrected chi connectivity index (χ3v) is 6.25. The minimum Gasteiger partial charge on any atom is -0.326 e. The van der Waals surface area contributed by atoms with E-state index in [4.69, 9.17) is 28.2 Å². The Hall–Kier alpha value is -3.60. The molecule has 0 bridgehead atoms. The molecule has 1 amide bonds. The second kappa shape index (κ2) is 9.72. The van der Waals surface area contributed by atoms with Crippen molar-refractivity contribution in [3.63, 3.8) is 0 Å². The highest BCUT2D eigenvalue weighted by atomic mass is 35.5. The lowest BCUT2D eigenvalue weighted by Gasteiger charge is -2.09. The maximum absolute atomic E-state index is 12.7. The number of nitrogens with one attached hydrogen (secondary N) is 1.